The first kappa shape index (κ1) is 15.0. The summed E-state index contributed by atoms with van der Waals surface area (Å²) in [5.41, 5.74) is 1.68. The van der Waals surface area contributed by atoms with Crippen molar-refractivity contribution in [1.29, 1.82) is 0 Å². The smallest absolute Gasteiger partial charge is 0.129 e. The van der Waals surface area contributed by atoms with Crippen molar-refractivity contribution in [3.05, 3.63) is 52.8 Å². The maximum Gasteiger partial charge on any atom is 0.129 e. The predicted molar refractivity (Wildman–Crippen MR) is 79.1 cm³/mol. The predicted octanol–water partition coefficient (Wildman–Crippen LogP) is 3.72. The highest BCUT2D eigenvalue weighted by atomic mass is 35.5. The molecule has 20 heavy (non-hydrogen) atoms. The second-order valence-corrected chi connectivity index (χ2v) is 5.08. The van der Waals surface area contributed by atoms with Crippen LogP contribution >= 0.6 is 11.6 Å². The molecule has 1 aromatic heterocycles. The molecule has 0 aliphatic rings. The number of rotatable bonds is 6. The first-order valence-electron chi connectivity index (χ1n) is 6.80. The molecule has 2 aromatic rings. The second kappa shape index (κ2) is 6.86. The molecule has 0 bridgehead atoms. The van der Waals surface area contributed by atoms with Crippen LogP contribution in [0.1, 0.15) is 25.1 Å². The molecule has 0 radical (unpaired) electrons. The summed E-state index contributed by atoms with van der Waals surface area (Å²) >= 11 is 6.09. The molecule has 0 spiro atoms. The first-order valence-corrected chi connectivity index (χ1v) is 7.17. The summed E-state index contributed by atoms with van der Waals surface area (Å²) in [4.78, 5) is 6.30. The third-order valence-electron chi connectivity index (χ3n) is 3.42. The van der Waals surface area contributed by atoms with Crippen LogP contribution in [-0.2, 0) is 19.6 Å². The standard InChI is InChI=1S/C15H19ClFN3/c1-3-19(9-12-8-18-11-20(12)4-2)10-13-14(16)6-5-7-15(13)17/h5-8,11H,3-4,9-10H2,1-2H3. The normalized spacial score (nSPS) is 11.2. The van der Waals surface area contributed by atoms with Gasteiger partial charge in [-0.3, -0.25) is 4.90 Å². The zero-order valence-electron chi connectivity index (χ0n) is 11.8. The molecule has 0 saturated carbocycles. The zero-order valence-corrected chi connectivity index (χ0v) is 12.6. The Bertz CT molecular complexity index is 548. The van der Waals surface area contributed by atoms with E-state index in [1.165, 1.54) is 6.07 Å². The van der Waals surface area contributed by atoms with Crippen molar-refractivity contribution < 1.29 is 4.39 Å². The molecule has 0 saturated heterocycles. The van der Waals surface area contributed by atoms with Gasteiger partial charge in [-0.25, -0.2) is 9.37 Å². The number of hydrogen-bond donors (Lipinski definition) is 0. The SMILES string of the molecule is CCN(Cc1c(F)cccc1Cl)Cc1cncn1CC. The molecule has 2 rings (SSSR count). The average molecular weight is 296 g/mol. The number of imidazole rings is 1. The fraction of sp³-hybridized carbons (Fsp3) is 0.400. The molecule has 1 heterocycles. The van der Waals surface area contributed by atoms with Gasteiger partial charge in [-0.15, -0.1) is 0 Å². The lowest BCUT2D eigenvalue weighted by Gasteiger charge is -2.21. The van der Waals surface area contributed by atoms with Gasteiger partial charge in [0.25, 0.3) is 0 Å². The molecule has 0 atom stereocenters. The Kier molecular flexibility index (Phi) is 5.15. The van der Waals surface area contributed by atoms with Crippen LogP contribution in [0.2, 0.25) is 5.02 Å². The first-order chi connectivity index (χ1) is 9.65. The fourth-order valence-corrected chi connectivity index (χ4v) is 2.40. The number of hydrogen-bond acceptors (Lipinski definition) is 2. The van der Waals surface area contributed by atoms with Crippen LogP contribution in [-0.4, -0.2) is 21.0 Å². The highest BCUT2D eigenvalue weighted by Gasteiger charge is 2.13. The molecule has 0 fully saturated rings. The second-order valence-electron chi connectivity index (χ2n) is 4.67. The van der Waals surface area contributed by atoms with Crippen molar-refractivity contribution in [2.75, 3.05) is 6.54 Å². The van der Waals surface area contributed by atoms with E-state index in [1.54, 1.807) is 12.1 Å². The van der Waals surface area contributed by atoms with Gasteiger partial charge in [-0.2, -0.15) is 0 Å². The summed E-state index contributed by atoms with van der Waals surface area (Å²) in [6.07, 6.45) is 3.67. The topological polar surface area (TPSA) is 21.1 Å². The van der Waals surface area contributed by atoms with Gasteiger partial charge >= 0.3 is 0 Å². The van der Waals surface area contributed by atoms with Gasteiger partial charge in [0, 0.05) is 36.4 Å². The van der Waals surface area contributed by atoms with Crippen LogP contribution in [0.3, 0.4) is 0 Å². The number of halogens is 2. The summed E-state index contributed by atoms with van der Waals surface area (Å²) in [5, 5.41) is 0.479. The lowest BCUT2D eigenvalue weighted by Crippen LogP contribution is -2.24. The third kappa shape index (κ3) is 3.38. The summed E-state index contributed by atoms with van der Waals surface area (Å²) in [6, 6.07) is 4.80. The van der Waals surface area contributed by atoms with E-state index in [4.69, 9.17) is 11.6 Å². The van der Waals surface area contributed by atoms with Gasteiger partial charge in [0.1, 0.15) is 5.82 Å². The van der Waals surface area contributed by atoms with E-state index < -0.39 is 0 Å². The highest BCUT2D eigenvalue weighted by Crippen LogP contribution is 2.21. The zero-order chi connectivity index (χ0) is 14.5. The minimum atomic E-state index is -0.250. The van der Waals surface area contributed by atoms with Gasteiger partial charge in [0.15, 0.2) is 0 Å². The molecule has 3 nitrogen and oxygen atoms in total. The lowest BCUT2D eigenvalue weighted by atomic mass is 10.2. The van der Waals surface area contributed by atoms with Crippen molar-refractivity contribution >= 4 is 11.6 Å². The van der Waals surface area contributed by atoms with Crippen LogP contribution in [0.4, 0.5) is 4.39 Å². The van der Waals surface area contributed by atoms with E-state index in [-0.39, 0.29) is 5.82 Å². The van der Waals surface area contributed by atoms with Crippen LogP contribution in [0.5, 0.6) is 0 Å². The molecular formula is C15H19ClFN3. The van der Waals surface area contributed by atoms with Crippen LogP contribution in [0.25, 0.3) is 0 Å². The quantitative estimate of drug-likeness (QED) is 0.810. The lowest BCUT2D eigenvalue weighted by molar-refractivity contribution is 0.260. The number of aromatic nitrogens is 2. The molecule has 0 unspecified atom stereocenters. The molecule has 0 amide bonds. The van der Waals surface area contributed by atoms with Crippen molar-refractivity contribution in [2.45, 2.75) is 33.5 Å². The van der Waals surface area contributed by atoms with Crippen molar-refractivity contribution in [1.82, 2.24) is 14.5 Å². The summed E-state index contributed by atoms with van der Waals surface area (Å²) < 4.78 is 15.9. The highest BCUT2D eigenvalue weighted by molar-refractivity contribution is 6.31. The Morgan fingerprint density at radius 1 is 1.30 bits per heavy atom. The Balaban J connectivity index is 2.13. The monoisotopic (exact) mass is 295 g/mol. The van der Waals surface area contributed by atoms with Crippen molar-refractivity contribution in [3.8, 4) is 0 Å². The number of benzene rings is 1. The van der Waals surface area contributed by atoms with E-state index in [2.05, 4.69) is 28.3 Å². The third-order valence-corrected chi connectivity index (χ3v) is 3.77. The van der Waals surface area contributed by atoms with Gasteiger partial charge in [-0.1, -0.05) is 24.6 Å². The fourth-order valence-electron chi connectivity index (χ4n) is 2.18. The van der Waals surface area contributed by atoms with Gasteiger partial charge in [-0.05, 0) is 25.6 Å². The van der Waals surface area contributed by atoms with Crippen molar-refractivity contribution in [2.24, 2.45) is 0 Å². The Hall–Kier alpha value is -1.39. The summed E-state index contributed by atoms with van der Waals surface area (Å²) in [7, 11) is 0. The van der Waals surface area contributed by atoms with Gasteiger partial charge in [0.2, 0.25) is 0 Å². The molecule has 108 valence electrons. The van der Waals surface area contributed by atoms with E-state index >= 15 is 0 Å². The maximum absolute atomic E-state index is 13.8. The van der Waals surface area contributed by atoms with E-state index in [0.29, 0.717) is 17.1 Å². The number of nitrogens with zero attached hydrogens (tertiary/aromatic N) is 3. The molecule has 0 aliphatic carbocycles. The summed E-state index contributed by atoms with van der Waals surface area (Å²) in [6.45, 7) is 7.06. The molecule has 1 aromatic carbocycles. The summed E-state index contributed by atoms with van der Waals surface area (Å²) in [5.74, 6) is -0.250. The largest absolute Gasteiger partial charge is 0.334 e. The minimum absolute atomic E-state index is 0.250. The Morgan fingerprint density at radius 3 is 2.75 bits per heavy atom. The molecule has 0 aliphatic heterocycles. The maximum atomic E-state index is 13.8. The van der Waals surface area contributed by atoms with Crippen molar-refractivity contribution in [3.63, 3.8) is 0 Å². The number of aryl methyl sites for hydroxylation is 1. The van der Waals surface area contributed by atoms with E-state index in [9.17, 15) is 4.39 Å². The van der Waals surface area contributed by atoms with Gasteiger partial charge in [0.05, 0.1) is 12.0 Å². The van der Waals surface area contributed by atoms with E-state index in [0.717, 1.165) is 25.3 Å². The molecule has 5 heteroatoms. The van der Waals surface area contributed by atoms with Crippen LogP contribution in [0.15, 0.2) is 30.7 Å². The molecule has 0 N–H and O–H groups in total. The Morgan fingerprint density at radius 2 is 2.10 bits per heavy atom. The molecular weight excluding hydrogens is 277 g/mol. The average Bonchev–Trinajstić information content (AvgIpc) is 2.88. The van der Waals surface area contributed by atoms with E-state index in [1.807, 2.05) is 12.5 Å². The Labute approximate surface area is 124 Å². The van der Waals surface area contributed by atoms with Crippen LogP contribution in [0, 0.1) is 5.82 Å². The van der Waals surface area contributed by atoms with Crippen LogP contribution < -0.4 is 0 Å². The van der Waals surface area contributed by atoms with Gasteiger partial charge < -0.3 is 4.57 Å². The minimum Gasteiger partial charge on any atom is -0.334 e.